The zero-order chi connectivity index (χ0) is 13.1. The topological polar surface area (TPSA) is 46.9 Å². The third kappa shape index (κ3) is 2.53. The number of fused-ring (bicyclic) bond motifs is 1. The van der Waals surface area contributed by atoms with E-state index in [9.17, 15) is 4.79 Å². The molecule has 0 aliphatic carbocycles. The number of carbonyl (C=O) groups excluding carboxylic acids is 1. The van der Waals surface area contributed by atoms with Gasteiger partial charge in [-0.25, -0.2) is 4.98 Å². The van der Waals surface area contributed by atoms with Crippen LogP contribution in [0.1, 0.15) is 26.1 Å². The van der Waals surface area contributed by atoms with Crippen molar-refractivity contribution in [1.29, 1.82) is 0 Å². The van der Waals surface area contributed by atoms with Crippen molar-refractivity contribution >= 4 is 16.9 Å². The van der Waals surface area contributed by atoms with E-state index in [0.717, 1.165) is 23.3 Å². The number of hydrogen-bond acceptors (Lipinski definition) is 2. The van der Waals surface area contributed by atoms with Crippen molar-refractivity contribution in [3.63, 3.8) is 0 Å². The van der Waals surface area contributed by atoms with E-state index in [0.29, 0.717) is 6.54 Å². The summed E-state index contributed by atoms with van der Waals surface area (Å²) in [7, 11) is 0. The Morgan fingerprint density at radius 2 is 2.17 bits per heavy atom. The van der Waals surface area contributed by atoms with E-state index in [1.165, 1.54) is 0 Å². The van der Waals surface area contributed by atoms with E-state index in [4.69, 9.17) is 0 Å². The fraction of sp³-hybridized carbons (Fsp3) is 0.429. The predicted octanol–water partition coefficient (Wildman–Crippen LogP) is 2.26. The number of rotatable bonds is 4. The molecule has 1 amide bonds. The first-order chi connectivity index (χ1) is 8.61. The maximum atomic E-state index is 11.9. The van der Waals surface area contributed by atoms with Crippen LogP contribution in [0.25, 0.3) is 11.0 Å². The highest BCUT2D eigenvalue weighted by Crippen LogP contribution is 2.15. The Labute approximate surface area is 107 Å². The smallest absolute Gasteiger partial charge is 0.240 e. The van der Waals surface area contributed by atoms with Crippen LogP contribution in [0.2, 0.25) is 0 Å². The van der Waals surface area contributed by atoms with Crippen LogP contribution >= 0.6 is 0 Å². The van der Waals surface area contributed by atoms with E-state index >= 15 is 0 Å². The van der Waals surface area contributed by atoms with Crippen molar-refractivity contribution in [2.45, 2.75) is 39.8 Å². The molecule has 1 aromatic carbocycles. The molecule has 1 N–H and O–H groups in total. The molecule has 1 heterocycles. The monoisotopic (exact) mass is 245 g/mol. The normalized spacial score (nSPS) is 12.6. The summed E-state index contributed by atoms with van der Waals surface area (Å²) in [4.78, 5) is 16.4. The van der Waals surface area contributed by atoms with E-state index in [-0.39, 0.29) is 11.9 Å². The second-order valence-electron chi connectivity index (χ2n) is 4.61. The van der Waals surface area contributed by atoms with Crippen LogP contribution in [-0.4, -0.2) is 21.5 Å². The lowest BCUT2D eigenvalue weighted by Crippen LogP contribution is -2.34. The molecule has 0 spiro atoms. The largest absolute Gasteiger partial charge is 0.352 e. The number of nitrogens with one attached hydrogen (secondary N) is 1. The minimum absolute atomic E-state index is 0.0376. The van der Waals surface area contributed by atoms with Gasteiger partial charge in [0, 0.05) is 6.04 Å². The minimum atomic E-state index is 0.0376. The van der Waals surface area contributed by atoms with Gasteiger partial charge >= 0.3 is 0 Å². The Hall–Kier alpha value is -1.84. The number of amides is 1. The van der Waals surface area contributed by atoms with Crippen molar-refractivity contribution in [3.8, 4) is 0 Å². The standard InChI is InChI=1S/C14H19N3O/c1-4-10(2)15-14(18)9-17-11(3)16-12-7-5-6-8-13(12)17/h5-8,10H,4,9H2,1-3H3,(H,15,18)/t10-/m0/s1. The molecule has 18 heavy (non-hydrogen) atoms. The molecular weight excluding hydrogens is 226 g/mol. The summed E-state index contributed by atoms with van der Waals surface area (Å²) < 4.78 is 1.95. The molecule has 2 aromatic rings. The molecule has 1 aromatic heterocycles. The van der Waals surface area contributed by atoms with Crippen LogP contribution in [0, 0.1) is 6.92 Å². The lowest BCUT2D eigenvalue weighted by Gasteiger charge is -2.12. The van der Waals surface area contributed by atoms with Crippen LogP contribution in [0.5, 0.6) is 0 Å². The van der Waals surface area contributed by atoms with Gasteiger partial charge in [-0.05, 0) is 32.4 Å². The molecule has 2 rings (SSSR count). The lowest BCUT2D eigenvalue weighted by molar-refractivity contribution is -0.122. The molecule has 0 saturated heterocycles. The second-order valence-corrected chi connectivity index (χ2v) is 4.61. The molecule has 4 nitrogen and oxygen atoms in total. The summed E-state index contributed by atoms with van der Waals surface area (Å²) in [5.41, 5.74) is 1.95. The quantitative estimate of drug-likeness (QED) is 0.898. The van der Waals surface area contributed by atoms with E-state index in [1.54, 1.807) is 0 Å². The number of hydrogen-bond donors (Lipinski definition) is 1. The number of para-hydroxylation sites is 2. The van der Waals surface area contributed by atoms with Gasteiger partial charge in [0.2, 0.25) is 5.91 Å². The zero-order valence-electron chi connectivity index (χ0n) is 11.1. The first-order valence-electron chi connectivity index (χ1n) is 6.33. The number of aromatic nitrogens is 2. The van der Waals surface area contributed by atoms with E-state index < -0.39 is 0 Å². The summed E-state index contributed by atoms with van der Waals surface area (Å²) in [5, 5.41) is 2.97. The number of nitrogens with zero attached hydrogens (tertiary/aromatic N) is 2. The molecule has 0 aliphatic heterocycles. The Morgan fingerprint density at radius 1 is 1.44 bits per heavy atom. The van der Waals surface area contributed by atoms with Crippen molar-refractivity contribution < 1.29 is 4.79 Å². The van der Waals surface area contributed by atoms with Gasteiger partial charge in [-0.2, -0.15) is 0 Å². The molecule has 4 heteroatoms. The average molecular weight is 245 g/mol. The van der Waals surface area contributed by atoms with Crippen molar-refractivity contribution in [1.82, 2.24) is 14.9 Å². The summed E-state index contributed by atoms with van der Waals surface area (Å²) in [6.45, 7) is 6.33. The molecule has 0 aliphatic rings. The second kappa shape index (κ2) is 5.21. The highest BCUT2D eigenvalue weighted by Gasteiger charge is 2.11. The van der Waals surface area contributed by atoms with Gasteiger partial charge in [0.05, 0.1) is 11.0 Å². The van der Waals surface area contributed by atoms with E-state index in [2.05, 4.69) is 17.2 Å². The molecule has 96 valence electrons. The zero-order valence-corrected chi connectivity index (χ0v) is 11.1. The Morgan fingerprint density at radius 3 is 2.89 bits per heavy atom. The number of imidazole rings is 1. The third-order valence-electron chi connectivity index (χ3n) is 3.17. The summed E-state index contributed by atoms with van der Waals surface area (Å²) in [6.07, 6.45) is 0.940. The van der Waals surface area contributed by atoms with Gasteiger partial charge in [-0.3, -0.25) is 4.79 Å². The van der Waals surface area contributed by atoms with Gasteiger partial charge < -0.3 is 9.88 Å². The predicted molar refractivity (Wildman–Crippen MR) is 72.4 cm³/mol. The maximum absolute atomic E-state index is 11.9. The minimum Gasteiger partial charge on any atom is -0.352 e. The van der Waals surface area contributed by atoms with Gasteiger partial charge in [0.25, 0.3) is 0 Å². The molecule has 0 unspecified atom stereocenters. The van der Waals surface area contributed by atoms with Crippen LogP contribution in [0.15, 0.2) is 24.3 Å². The first-order valence-corrected chi connectivity index (χ1v) is 6.33. The highest BCUT2D eigenvalue weighted by molar-refractivity contribution is 5.81. The molecule has 0 radical (unpaired) electrons. The number of carbonyl (C=O) groups is 1. The van der Waals surface area contributed by atoms with Gasteiger partial charge in [0.1, 0.15) is 12.4 Å². The van der Waals surface area contributed by atoms with Crippen molar-refractivity contribution in [2.24, 2.45) is 0 Å². The summed E-state index contributed by atoms with van der Waals surface area (Å²) in [5.74, 6) is 0.908. The van der Waals surface area contributed by atoms with Gasteiger partial charge in [0.15, 0.2) is 0 Å². The lowest BCUT2D eigenvalue weighted by atomic mass is 10.2. The fourth-order valence-corrected chi connectivity index (χ4v) is 1.96. The summed E-state index contributed by atoms with van der Waals surface area (Å²) in [6, 6.07) is 8.09. The fourth-order valence-electron chi connectivity index (χ4n) is 1.96. The van der Waals surface area contributed by atoms with Gasteiger partial charge in [-0.15, -0.1) is 0 Å². The van der Waals surface area contributed by atoms with Gasteiger partial charge in [-0.1, -0.05) is 19.1 Å². The SMILES string of the molecule is CC[C@H](C)NC(=O)Cn1c(C)nc2ccccc21. The average Bonchev–Trinajstić information content (AvgIpc) is 2.66. The first kappa shape index (κ1) is 12.6. The van der Waals surface area contributed by atoms with Crippen LogP contribution < -0.4 is 5.32 Å². The number of benzene rings is 1. The van der Waals surface area contributed by atoms with Crippen molar-refractivity contribution in [2.75, 3.05) is 0 Å². The number of aryl methyl sites for hydroxylation is 1. The Kier molecular flexibility index (Phi) is 3.65. The van der Waals surface area contributed by atoms with Crippen LogP contribution in [0.4, 0.5) is 0 Å². The molecule has 0 fully saturated rings. The van der Waals surface area contributed by atoms with Crippen molar-refractivity contribution in [3.05, 3.63) is 30.1 Å². The Balaban J connectivity index is 2.21. The molecule has 0 saturated carbocycles. The van der Waals surface area contributed by atoms with Crippen LogP contribution in [0.3, 0.4) is 0 Å². The van der Waals surface area contributed by atoms with Crippen LogP contribution in [-0.2, 0) is 11.3 Å². The third-order valence-corrected chi connectivity index (χ3v) is 3.17. The maximum Gasteiger partial charge on any atom is 0.240 e. The molecular formula is C14H19N3O. The molecule has 0 bridgehead atoms. The highest BCUT2D eigenvalue weighted by atomic mass is 16.2. The molecule has 1 atom stereocenters. The Bertz CT molecular complexity index is 559. The summed E-state index contributed by atoms with van der Waals surface area (Å²) >= 11 is 0. The van der Waals surface area contributed by atoms with E-state index in [1.807, 2.05) is 42.7 Å².